The summed E-state index contributed by atoms with van der Waals surface area (Å²) in [5, 5.41) is 7.08. The maximum Gasteiger partial charge on any atom is 0.141 e. The van der Waals surface area contributed by atoms with Crippen molar-refractivity contribution in [1.29, 1.82) is 0 Å². The fourth-order valence-corrected chi connectivity index (χ4v) is 13.1. The summed E-state index contributed by atoms with van der Waals surface area (Å²) in [6, 6.07) is 53.9. The van der Waals surface area contributed by atoms with Gasteiger partial charge < -0.3 is 19.3 Å². The van der Waals surface area contributed by atoms with E-state index in [-0.39, 0.29) is 5.41 Å². The van der Waals surface area contributed by atoms with Crippen LogP contribution >= 0.6 is 0 Å². The highest BCUT2D eigenvalue weighted by Crippen LogP contribution is 2.56. The Balaban J connectivity index is 0.00000122. The van der Waals surface area contributed by atoms with Gasteiger partial charge in [-0.15, -0.1) is 12.3 Å². The highest BCUT2D eigenvalue weighted by Gasteiger charge is 2.46. The molecular formula is C91H110N2O2. The second-order valence-corrected chi connectivity index (χ2v) is 24.6. The van der Waals surface area contributed by atoms with Crippen LogP contribution < -0.4 is 14.5 Å². The smallest absolute Gasteiger partial charge is 0.141 e. The highest BCUT2D eigenvalue weighted by atomic mass is 16.5. The van der Waals surface area contributed by atoms with Crippen molar-refractivity contribution in [2.45, 2.75) is 185 Å². The minimum atomic E-state index is -0.358. The van der Waals surface area contributed by atoms with E-state index in [1.54, 1.807) is 13.0 Å². The average molecular weight is 1260 g/mol. The quantitative estimate of drug-likeness (QED) is 0.0168. The minimum absolute atomic E-state index is 0.358. The van der Waals surface area contributed by atoms with Gasteiger partial charge in [0.15, 0.2) is 0 Å². The summed E-state index contributed by atoms with van der Waals surface area (Å²) >= 11 is 0. The van der Waals surface area contributed by atoms with Gasteiger partial charge in [-0.2, -0.15) is 0 Å². The molecule has 0 N–H and O–H groups in total. The molecule has 8 aromatic carbocycles. The Morgan fingerprint density at radius 1 is 0.674 bits per heavy atom. The summed E-state index contributed by atoms with van der Waals surface area (Å²) < 4.78 is 14.6. The van der Waals surface area contributed by atoms with Gasteiger partial charge in [0.25, 0.3) is 0 Å². The van der Waals surface area contributed by atoms with Crippen molar-refractivity contribution in [3.8, 4) is 29.2 Å². The molecule has 10 rings (SSSR count). The van der Waals surface area contributed by atoms with E-state index in [0.29, 0.717) is 12.5 Å². The van der Waals surface area contributed by atoms with Crippen LogP contribution in [0.4, 0.5) is 22.7 Å². The lowest BCUT2D eigenvalue weighted by molar-refractivity contribution is 0.217. The third-order valence-corrected chi connectivity index (χ3v) is 17.5. The number of hydrogen-bond acceptors (Lipinski definition) is 4. The third-order valence-electron chi connectivity index (χ3n) is 17.5. The largest absolute Gasteiger partial charge is 0.491 e. The monoisotopic (exact) mass is 1260 g/mol. The topological polar surface area (TPSA) is 24.9 Å². The summed E-state index contributed by atoms with van der Waals surface area (Å²) in [6.45, 7) is 44.9. The molecule has 2 aliphatic rings. The molecule has 1 heterocycles. The third kappa shape index (κ3) is 17.9. The molecule has 95 heavy (non-hydrogen) atoms. The molecule has 0 saturated carbocycles. The molecule has 0 bridgehead atoms. The molecule has 0 radical (unpaired) electrons. The van der Waals surface area contributed by atoms with E-state index in [2.05, 4.69) is 288 Å². The summed E-state index contributed by atoms with van der Waals surface area (Å²) in [5.74, 6) is 5.57. The van der Waals surface area contributed by atoms with Crippen LogP contribution in [0.1, 0.15) is 196 Å². The summed E-state index contributed by atoms with van der Waals surface area (Å²) in [4.78, 5) is 4.88. The van der Waals surface area contributed by atoms with E-state index in [1.165, 1.54) is 87.9 Å². The first-order valence-electron chi connectivity index (χ1n) is 35.5. The number of unbranched alkanes of at least 4 members (excludes halogenated alkanes) is 3. The molecule has 2 atom stereocenters. The van der Waals surface area contributed by atoms with Crippen molar-refractivity contribution in [2.75, 3.05) is 16.4 Å². The molecule has 0 aromatic heterocycles. The molecule has 0 fully saturated rings. The molecule has 496 valence electrons. The second-order valence-electron chi connectivity index (χ2n) is 24.6. The lowest BCUT2D eigenvalue weighted by atomic mass is 9.75. The van der Waals surface area contributed by atoms with Gasteiger partial charge in [0, 0.05) is 34.1 Å². The minimum Gasteiger partial charge on any atom is -0.491 e. The van der Waals surface area contributed by atoms with Gasteiger partial charge in [0.2, 0.25) is 0 Å². The Labute approximate surface area is 574 Å². The van der Waals surface area contributed by atoms with Crippen molar-refractivity contribution >= 4 is 60.6 Å². The van der Waals surface area contributed by atoms with Gasteiger partial charge in [0.05, 0.1) is 34.8 Å². The van der Waals surface area contributed by atoms with E-state index in [1.807, 2.05) is 38.2 Å². The van der Waals surface area contributed by atoms with Gasteiger partial charge in [-0.3, -0.25) is 0 Å². The second kappa shape index (κ2) is 38.4. The summed E-state index contributed by atoms with van der Waals surface area (Å²) in [7, 11) is 0. The number of para-hydroxylation sites is 1. The zero-order valence-electron chi connectivity index (χ0n) is 60.1. The Morgan fingerprint density at radius 2 is 1.27 bits per heavy atom. The van der Waals surface area contributed by atoms with Crippen LogP contribution in [-0.2, 0) is 10.2 Å². The van der Waals surface area contributed by atoms with Crippen molar-refractivity contribution in [3.63, 3.8) is 0 Å². The van der Waals surface area contributed by atoms with E-state index >= 15 is 0 Å². The van der Waals surface area contributed by atoms with Crippen LogP contribution in [0.15, 0.2) is 261 Å². The number of fused-ring (bicyclic) bond motifs is 3. The number of terminal acetylenes is 1. The van der Waals surface area contributed by atoms with Crippen LogP contribution in [-0.4, -0.2) is 6.61 Å². The normalized spacial score (nSPS) is 14.4. The predicted molar refractivity (Wildman–Crippen MR) is 421 cm³/mol. The number of rotatable bonds is 27. The molecule has 0 amide bonds. The standard InChI is InChI=1S/C80H84N2O2.2C3H8.C3H4.C2H6/c1-11-18-20-22-31-58(27-13-3)53-55-83-77(60(17-7)29-15-5)57(9)81(66-45-37-61(38-46-66)56(8)30-19-12-2)72-51-43-64-42-50-70-73(52-44-65-41-49-69(72)75(64)76(65)70)82(67-47-39-63(40-48-67)62-32-23-21-24-33-62)74-36-26-54-80(10)71-35-25-34-68(59(16-6)28-14-4)78(71)84-79(74)80;3*1-3-2;1-2/h12-13,15,19,21,23-27,29-30,32-52,59H,2-3,5,8,11,14,16-18,20,22,28,31,53-55H2,1,4,6-7,9-10H3;2*3H2,1-2H3;1H,2H3;1-2H3/b30-19-,58-27-,60-29-,77-57-;;;;/t59?,80-;;;;/m0..../s1. The lowest BCUT2D eigenvalue weighted by Crippen LogP contribution is -2.30. The zero-order chi connectivity index (χ0) is 68.9. The molecule has 4 heteroatoms. The Bertz CT molecular complexity index is 4020. The summed E-state index contributed by atoms with van der Waals surface area (Å²) in [5.41, 5.74) is 15.3. The Morgan fingerprint density at radius 3 is 1.86 bits per heavy atom. The number of anilines is 4. The number of ether oxygens (including phenoxy) is 2. The van der Waals surface area contributed by atoms with E-state index < -0.39 is 0 Å². The van der Waals surface area contributed by atoms with Gasteiger partial charge in [-0.1, -0.05) is 297 Å². The van der Waals surface area contributed by atoms with Crippen LogP contribution in [0.25, 0.3) is 49.0 Å². The molecular weight excluding hydrogens is 1150 g/mol. The molecule has 1 aliphatic carbocycles. The van der Waals surface area contributed by atoms with Crippen LogP contribution in [0.3, 0.4) is 0 Å². The number of allylic oxidation sites excluding steroid dienone is 13. The van der Waals surface area contributed by atoms with E-state index in [0.717, 1.165) is 124 Å². The molecule has 1 unspecified atom stereocenters. The molecule has 0 spiro atoms. The fraction of sp³-hybridized carbons (Fsp3) is 0.319. The van der Waals surface area contributed by atoms with Crippen LogP contribution in [0.5, 0.6) is 5.75 Å². The van der Waals surface area contributed by atoms with Crippen LogP contribution in [0.2, 0.25) is 0 Å². The zero-order valence-corrected chi connectivity index (χ0v) is 60.1. The lowest BCUT2D eigenvalue weighted by Gasteiger charge is -2.35. The summed E-state index contributed by atoms with van der Waals surface area (Å²) in [6.07, 6.45) is 37.2. The molecule has 1 aliphatic heterocycles. The number of benzene rings is 8. The highest BCUT2D eigenvalue weighted by molar-refractivity contribution is 6.28. The Kier molecular flexibility index (Phi) is 30.3. The first-order valence-corrected chi connectivity index (χ1v) is 35.5. The van der Waals surface area contributed by atoms with Crippen molar-refractivity contribution in [3.05, 3.63) is 277 Å². The number of nitrogens with zero attached hydrogens (tertiary/aromatic N) is 2. The fourth-order valence-electron chi connectivity index (χ4n) is 13.1. The van der Waals surface area contributed by atoms with Gasteiger partial charge in [-0.05, 0) is 163 Å². The van der Waals surface area contributed by atoms with Crippen LogP contribution in [0, 0.1) is 12.3 Å². The maximum atomic E-state index is 7.44. The SMILES string of the molecule is C#CC.C=C/C=C\C(=C)c1ccc(N(/C(C)=C(OCC/C(=C\C=C)CCCCCC)/C(=C\C=C)CC)c2ccc3ccc4c(N(C5=C6Oc7c(C(CC)CCC)cccc7[C@]6(C)CC=C5)c5ccc(-c6ccccc6)cc5)ccc5ccc2c3c54)cc1.CC.CCC.CCC. The maximum absolute atomic E-state index is 7.44. The van der Waals surface area contributed by atoms with E-state index in [9.17, 15) is 0 Å². The van der Waals surface area contributed by atoms with Crippen molar-refractivity contribution in [2.24, 2.45) is 0 Å². The first kappa shape index (κ1) is 75.0. The first-order chi connectivity index (χ1) is 46.3. The molecule has 8 aromatic rings. The van der Waals surface area contributed by atoms with Gasteiger partial charge in [-0.25, -0.2) is 0 Å². The number of hydrogen-bond donors (Lipinski definition) is 0. The van der Waals surface area contributed by atoms with Gasteiger partial charge >= 0.3 is 0 Å². The van der Waals surface area contributed by atoms with E-state index in [4.69, 9.17) is 9.47 Å². The van der Waals surface area contributed by atoms with Gasteiger partial charge in [0.1, 0.15) is 17.3 Å². The molecule has 4 nitrogen and oxygen atoms in total. The predicted octanol–water partition coefficient (Wildman–Crippen LogP) is 27.8. The average Bonchev–Trinajstić information content (AvgIpc) is 1.71. The van der Waals surface area contributed by atoms with Crippen molar-refractivity contribution in [1.82, 2.24) is 0 Å². The Hall–Kier alpha value is -9.04. The molecule has 0 saturated heterocycles. The van der Waals surface area contributed by atoms with Crippen molar-refractivity contribution < 1.29 is 9.47 Å².